The molecular formula is C5H9F2NO. The number of rotatable bonds is 1. The number of nitrogens with two attached hydrogens (primary N) is 1. The van der Waals surface area contributed by atoms with Gasteiger partial charge in [-0.15, -0.1) is 0 Å². The molecule has 2 N–H and O–H groups in total. The Labute approximate surface area is 52.0 Å². The van der Waals surface area contributed by atoms with Gasteiger partial charge in [-0.2, -0.15) is 0 Å². The summed E-state index contributed by atoms with van der Waals surface area (Å²) in [6.07, 6.45) is 0. The fraction of sp³-hybridized carbons (Fsp3) is 1.00. The summed E-state index contributed by atoms with van der Waals surface area (Å²) in [4.78, 5) is 0. The molecule has 0 aromatic rings. The van der Waals surface area contributed by atoms with E-state index in [1.54, 1.807) is 0 Å². The van der Waals surface area contributed by atoms with Gasteiger partial charge in [0, 0.05) is 6.54 Å². The van der Waals surface area contributed by atoms with Crippen molar-refractivity contribution in [2.45, 2.75) is 5.92 Å². The normalized spacial score (nSPS) is 33.0. The van der Waals surface area contributed by atoms with Crippen molar-refractivity contribution in [2.24, 2.45) is 11.7 Å². The van der Waals surface area contributed by atoms with Crippen LogP contribution >= 0.6 is 0 Å². The second-order valence-electron chi connectivity index (χ2n) is 2.21. The Morgan fingerprint density at radius 3 is 2.56 bits per heavy atom. The van der Waals surface area contributed by atoms with Crippen LogP contribution in [0.3, 0.4) is 0 Å². The van der Waals surface area contributed by atoms with Gasteiger partial charge in [-0.05, 0) is 0 Å². The molecule has 0 amide bonds. The van der Waals surface area contributed by atoms with Crippen molar-refractivity contribution in [3.8, 4) is 0 Å². The summed E-state index contributed by atoms with van der Waals surface area (Å²) in [5.41, 5.74) is 5.05. The van der Waals surface area contributed by atoms with Crippen LogP contribution < -0.4 is 5.73 Å². The zero-order chi connectivity index (χ0) is 6.91. The van der Waals surface area contributed by atoms with E-state index in [4.69, 9.17) is 5.73 Å². The van der Waals surface area contributed by atoms with Gasteiger partial charge in [-0.25, -0.2) is 8.78 Å². The van der Waals surface area contributed by atoms with Gasteiger partial charge in [0.1, 0.15) is 6.61 Å². The highest BCUT2D eigenvalue weighted by atomic mass is 19.3. The van der Waals surface area contributed by atoms with Gasteiger partial charge in [0.2, 0.25) is 0 Å². The quantitative estimate of drug-likeness (QED) is 0.561. The first-order chi connectivity index (χ1) is 4.17. The Morgan fingerprint density at radius 2 is 2.33 bits per heavy atom. The summed E-state index contributed by atoms with van der Waals surface area (Å²) in [5, 5.41) is 0. The highest BCUT2D eigenvalue weighted by Gasteiger charge is 2.43. The molecule has 0 saturated carbocycles. The lowest BCUT2D eigenvalue weighted by Gasteiger charge is -2.13. The van der Waals surface area contributed by atoms with Crippen molar-refractivity contribution in [1.29, 1.82) is 0 Å². The fourth-order valence-electron chi connectivity index (χ4n) is 0.817. The fourth-order valence-corrected chi connectivity index (χ4v) is 0.817. The number of ether oxygens (including phenoxy) is 1. The van der Waals surface area contributed by atoms with E-state index in [1.165, 1.54) is 0 Å². The molecule has 0 spiro atoms. The van der Waals surface area contributed by atoms with Crippen LogP contribution in [0.25, 0.3) is 0 Å². The second kappa shape index (κ2) is 2.19. The first-order valence-corrected chi connectivity index (χ1v) is 2.82. The van der Waals surface area contributed by atoms with Gasteiger partial charge in [0.05, 0.1) is 12.5 Å². The molecule has 2 nitrogen and oxygen atoms in total. The van der Waals surface area contributed by atoms with Gasteiger partial charge in [0.25, 0.3) is 5.92 Å². The first kappa shape index (κ1) is 6.89. The third-order valence-electron chi connectivity index (χ3n) is 1.50. The summed E-state index contributed by atoms with van der Waals surface area (Å²) in [5.74, 6) is -3.45. The molecule has 1 aliphatic heterocycles. The predicted molar refractivity (Wildman–Crippen MR) is 28.3 cm³/mol. The lowest BCUT2D eigenvalue weighted by Crippen LogP contribution is -2.32. The van der Waals surface area contributed by atoms with E-state index >= 15 is 0 Å². The summed E-state index contributed by atoms with van der Waals surface area (Å²) in [6.45, 7) is -0.356. The van der Waals surface area contributed by atoms with Crippen LogP contribution in [0.4, 0.5) is 8.78 Å². The molecule has 1 aliphatic rings. The molecular weight excluding hydrogens is 128 g/mol. The van der Waals surface area contributed by atoms with Gasteiger partial charge in [-0.1, -0.05) is 0 Å². The average Bonchev–Trinajstić information content (AvgIpc) is 2.08. The Morgan fingerprint density at radius 1 is 1.67 bits per heavy atom. The van der Waals surface area contributed by atoms with Crippen molar-refractivity contribution in [2.75, 3.05) is 19.8 Å². The molecule has 4 heteroatoms. The van der Waals surface area contributed by atoms with Crippen LogP contribution in [0.15, 0.2) is 0 Å². The van der Waals surface area contributed by atoms with Gasteiger partial charge >= 0.3 is 0 Å². The second-order valence-corrected chi connectivity index (χ2v) is 2.21. The zero-order valence-electron chi connectivity index (χ0n) is 4.94. The molecule has 0 aromatic heterocycles. The highest BCUT2D eigenvalue weighted by Crippen LogP contribution is 2.29. The smallest absolute Gasteiger partial charge is 0.277 e. The van der Waals surface area contributed by atoms with Crippen LogP contribution in [-0.2, 0) is 4.74 Å². The van der Waals surface area contributed by atoms with E-state index in [2.05, 4.69) is 4.74 Å². The lowest BCUT2D eigenvalue weighted by molar-refractivity contribution is -0.0341. The van der Waals surface area contributed by atoms with E-state index in [9.17, 15) is 8.78 Å². The standard InChI is InChI=1S/C5H9F2NO/c6-5(7)3-9-2-4(5)1-8/h4H,1-3,8H2. The molecule has 0 bridgehead atoms. The summed E-state index contributed by atoms with van der Waals surface area (Å²) in [6, 6.07) is 0. The minimum absolute atomic E-state index is 0.00694. The summed E-state index contributed by atoms with van der Waals surface area (Å²) >= 11 is 0. The van der Waals surface area contributed by atoms with E-state index < -0.39 is 18.4 Å². The monoisotopic (exact) mass is 137 g/mol. The zero-order valence-corrected chi connectivity index (χ0v) is 4.94. The molecule has 1 fully saturated rings. The molecule has 9 heavy (non-hydrogen) atoms. The molecule has 1 rings (SSSR count). The highest BCUT2D eigenvalue weighted by molar-refractivity contribution is 4.82. The molecule has 1 atom stereocenters. The Bertz CT molecular complexity index is 107. The van der Waals surface area contributed by atoms with Crippen LogP contribution in [-0.4, -0.2) is 25.7 Å². The molecule has 0 radical (unpaired) electrons. The van der Waals surface area contributed by atoms with Crippen molar-refractivity contribution in [3.63, 3.8) is 0 Å². The van der Waals surface area contributed by atoms with E-state index in [0.29, 0.717) is 0 Å². The maximum atomic E-state index is 12.4. The molecule has 54 valence electrons. The Hall–Kier alpha value is -0.220. The molecule has 1 unspecified atom stereocenters. The molecule has 0 aliphatic carbocycles. The maximum absolute atomic E-state index is 12.4. The average molecular weight is 137 g/mol. The molecule has 1 saturated heterocycles. The van der Waals surface area contributed by atoms with E-state index in [1.807, 2.05) is 0 Å². The van der Waals surface area contributed by atoms with Gasteiger partial charge in [-0.3, -0.25) is 0 Å². The number of hydrogen-bond acceptors (Lipinski definition) is 2. The lowest BCUT2D eigenvalue weighted by atomic mass is 10.1. The Balaban J connectivity index is 2.52. The van der Waals surface area contributed by atoms with Crippen molar-refractivity contribution >= 4 is 0 Å². The topological polar surface area (TPSA) is 35.2 Å². The SMILES string of the molecule is NCC1COCC1(F)F. The van der Waals surface area contributed by atoms with Crippen LogP contribution in [0.2, 0.25) is 0 Å². The largest absolute Gasteiger partial charge is 0.375 e. The number of hydrogen-bond donors (Lipinski definition) is 1. The number of alkyl halides is 2. The minimum atomic E-state index is -2.69. The van der Waals surface area contributed by atoms with Crippen molar-refractivity contribution in [1.82, 2.24) is 0 Å². The third kappa shape index (κ3) is 1.19. The Kier molecular flexibility index (Phi) is 1.68. The van der Waals surface area contributed by atoms with Crippen LogP contribution in [0, 0.1) is 5.92 Å². The first-order valence-electron chi connectivity index (χ1n) is 2.82. The van der Waals surface area contributed by atoms with Gasteiger partial charge in [0.15, 0.2) is 0 Å². The summed E-state index contributed by atoms with van der Waals surface area (Å²) in [7, 11) is 0. The van der Waals surface area contributed by atoms with E-state index in [0.717, 1.165) is 0 Å². The number of halogens is 2. The van der Waals surface area contributed by atoms with Crippen molar-refractivity contribution < 1.29 is 13.5 Å². The van der Waals surface area contributed by atoms with Crippen LogP contribution in [0.1, 0.15) is 0 Å². The molecule has 0 aromatic carbocycles. The minimum Gasteiger partial charge on any atom is -0.375 e. The third-order valence-corrected chi connectivity index (χ3v) is 1.50. The summed E-state index contributed by atoms with van der Waals surface area (Å²) < 4.78 is 29.3. The van der Waals surface area contributed by atoms with Gasteiger partial charge < -0.3 is 10.5 Å². The van der Waals surface area contributed by atoms with Crippen molar-refractivity contribution in [3.05, 3.63) is 0 Å². The molecule has 1 heterocycles. The van der Waals surface area contributed by atoms with E-state index in [-0.39, 0.29) is 13.2 Å². The van der Waals surface area contributed by atoms with Crippen LogP contribution in [0.5, 0.6) is 0 Å². The maximum Gasteiger partial charge on any atom is 0.277 e. The predicted octanol–water partition coefficient (Wildman–Crippen LogP) is 0.227.